The maximum atomic E-state index is 3.62. The first kappa shape index (κ1) is 12.9. The van der Waals surface area contributed by atoms with Crippen LogP contribution in [0.5, 0.6) is 0 Å². The Morgan fingerprint density at radius 1 is 0.778 bits per heavy atom. The third-order valence-electron chi connectivity index (χ3n) is 5.83. The molecule has 3 aliphatic rings. The average molecular weight is 250 g/mol. The van der Waals surface area contributed by atoms with Crippen molar-refractivity contribution in [2.24, 2.45) is 5.92 Å². The highest BCUT2D eigenvalue weighted by Gasteiger charge is 2.41. The standard InChI is InChI=1S/C16H30N2/c1-17-14-8-3-2-4-10-16(14)18-12-11-13-7-5-6-9-15(13)18/h13-17H,2-12H2,1H3. The maximum absolute atomic E-state index is 3.62. The van der Waals surface area contributed by atoms with Gasteiger partial charge in [0.15, 0.2) is 0 Å². The van der Waals surface area contributed by atoms with Gasteiger partial charge in [0, 0.05) is 18.1 Å². The van der Waals surface area contributed by atoms with Crippen LogP contribution >= 0.6 is 0 Å². The fourth-order valence-electron chi connectivity index (χ4n) is 4.88. The van der Waals surface area contributed by atoms with E-state index in [0.29, 0.717) is 0 Å². The van der Waals surface area contributed by atoms with Crippen molar-refractivity contribution in [3.63, 3.8) is 0 Å². The molecule has 2 nitrogen and oxygen atoms in total. The molecule has 0 aromatic carbocycles. The van der Waals surface area contributed by atoms with Crippen molar-refractivity contribution >= 4 is 0 Å². The third kappa shape index (κ3) is 2.46. The fourth-order valence-corrected chi connectivity index (χ4v) is 4.88. The zero-order valence-corrected chi connectivity index (χ0v) is 12.0. The van der Waals surface area contributed by atoms with Crippen molar-refractivity contribution in [3.05, 3.63) is 0 Å². The van der Waals surface area contributed by atoms with Gasteiger partial charge in [-0.15, -0.1) is 0 Å². The van der Waals surface area contributed by atoms with Gasteiger partial charge < -0.3 is 5.32 Å². The van der Waals surface area contributed by atoms with Crippen molar-refractivity contribution in [2.45, 2.75) is 82.3 Å². The van der Waals surface area contributed by atoms with E-state index >= 15 is 0 Å². The Bertz CT molecular complexity index is 266. The second kappa shape index (κ2) is 5.92. The molecule has 1 heterocycles. The van der Waals surface area contributed by atoms with Gasteiger partial charge in [0.2, 0.25) is 0 Å². The van der Waals surface area contributed by atoms with Gasteiger partial charge in [-0.2, -0.15) is 0 Å². The molecule has 2 aliphatic carbocycles. The summed E-state index contributed by atoms with van der Waals surface area (Å²) < 4.78 is 0. The van der Waals surface area contributed by atoms with Gasteiger partial charge in [-0.05, 0) is 51.6 Å². The first-order valence-corrected chi connectivity index (χ1v) is 8.33. The van der Waals surface area contributed by atoms with Gasteiger partial charge in [0.05, 0.1) is 0 Å². The number of nitrogens with zero attached hydrogens (tertiary/aromatic N) is 1. The van der Waals surface area contributed by atoms with E-state index in [-0.39, 0.29) is 0 Å². The minimum Gasteiger partial charge on any atom is -0.315 e. The molecule has 4 unspecified atom stereocenters. The highest BCUT2D eigenvalue weighted by atomic mass is 15.2. The topological polar surface area (TPSA) is 15.3 Å². The van der Waals surface area contributed by atoms with Gasteiger partial charge in [-0.3, -0.25) is 4.90 Å². The van der Waals surface area contributed by atoms with Crippen LogP contribution in [0.25, 0.3) is 0 Å². The van der Waals surface area contributed by atoms with E-state index in [4.69, 9.17) is 0 Å². The molecule has 2 heteroatoms. The molecule has 0 spiro atoms. The molecule has 18 heavy (non-hydrogen) atoms. The molecule has 3 rings (SSSR count). The SMILES string of the molecule is CNC1CCCCCC1N1CCC2CCCCC21. The summed E-state index contributed by atoms with van der Waals surface area (Å²) in [4.78, 5) is 2.93. The Labute approximate surface area is 113 Å². The number of rotatable bonds is 2. The lowest BCUT2D eigenvalue weighted by molar-refractivity contribution is 0.103. The molecular weight excluding hydrogens is 220 g/mol. The summed E-state index contributed by atoms with van der Waals surface area (Å²) in [7, 11) is 2.18. The number of hydrogen-bond donors (Lipinski definition) is 1. The van der Waals surface area contributed by atoms with Gasteiger partial charge in [-0.1, -0.05) is 32.1 Å². The van der Waals surface area contributed by atoms with Gasteiger partial charge >= 0.3 is 0 Å². The molecule has 0 radical (unpaired) electrons. The summed E-state index contributed by atoms with van der Waals surface area (Å²) >= 11 is 0. The molecule has 1 aliphatic heterocycles. The van der Waals surface area contributed by atoms with Crippen LogP contribution in [0.1, 0.15) is 64.2 Å². The third-order valence-corrected chi connectivity index (χ3v) is 5.83. The van der Waals surface area contributed by atoms with Crippen LogP contribution in [0.15, 0.2) is 0 Å². The van der Waals surface area contributed by atoms with Crippen molar-refractivity contribution < 1.29 is 0 Å². The molecule has 4 atom stereocenters. The summed E-state index contributed by atoms with van der Waals surface area (Å²) in [5, 5.41) is 3.62. The minimum atomic E-state index is 0.758. The summed E-state index contributed by atoms with van der Waals surface area (Å²) in [5.41, 5.74) is 0. The molecule has 104 valence electrons. The largest absolute Gasteiger partial charge is 0.315 e. The van der Waals surface area contributed by atoms with Crippen LogP contribution < -0.4 is 5.32 Å². The van der Waals surface area contributed by atoms with Crippen molar-refractivity contribution in [2.75, 3.05) is 13.6 Å². The molecule has 0 aromatic heterocycles. The maximum Gasteiger partial charge on any atom is 0.0252 e. The predicted molar refractivity (Wildman–Crippen MR) is 76.8 cm³/mol. The summed E-state index contributed by atoms with van der Waals surface area (Å²) in [5.74, 6) is 1.04. The fraction of sp³-hybridized carbons (Fsp3) is 1.00. The van der Waals surface area contributed by atoms with E-state index in [1.807, 2.05) is 0 Å². The van der Waals surface area contributed by atoms with E-state index in [9.17, 15) is 0 Å². The zero-order chi connectivity index (χ0) is 12.4. The summed E-state index contributed by atoms with van der Waals surface area (Å²) in [6.07, 6.45) is 14.6. The summed E-state index contributed by atoms with van der Waals surface area (Å²) in [6, 6.07) is 2.54. The number of nitrogens with one attached hydrogen (secondary N) is 1. The van der Waals surface area contributed by atoms with Crippen LogP contribution in [-0.2, 0) is 0 Å². The molecule has 0 amide bonds. The Kier molecular flexibility index (Phi) is 4.25. The number of hydrogen-bond acceptors (Lipinski definition) is 2. The van der Waals surface area contributed by atoms with Crippen molar-refractivity contribution in [1.29, 1.82) is 0 Å². The van der Waals surface area contributed by atoms with Crippen LogP contribution in [-0.4, -0.2) is 36.6 Å². The van der Waals surface area contributed by atoms with Crippen LogP contribution in [0.4, 0.5) is 0 Å². The second-order valence-electron chi connectivity index (χ2n) is 6.74. The lowest BCUT2D eigenvalue weighted by Crippen LogP contribution is -2.51. The number of likely N-dealkylation sites (tertiary alicyclic amines) is 1. The van der Waals surface area contributed by atoms with Crippen LogP contribution in [0.2, 0.25) is 0 Å². The smallest absolute Gasteiger partial charge is 0.0252 e. The molecule has 3 fully saturated rings. The van der Waals surface area contributed by atoms with Crippen LogP contribution in [0, 0.1) is 5.92 Å². The van der Waals surface area contributed by atoms with E-state index in [1.165, 1.54) is 70.8 Å². The van der Waals surface area contributed by atoms with E-state index < -0.39 is 0 Å². The van der Waals surface area contributed by atoms with E-state index in [2.05, 4.69) is 17.3 Å². The summed E-state index contributed by atoms with van der Waals surface area (Å²) in [6.45, 7) is 1.39. The van der Waals surface area contributed by atoms with Crippen molar-refractivity contribution in [1.82, 2.24) is 10.2 Å². The monoisotopic (exact) mass is 250 g/mol. The van der Waals surface area contributed by atoms with E-state index in [0.717, 1.165) is 24.0 Å². The Morgan fingerprint density at radius 3 is 2.39 bits per heavy atom. The molecule has 2 saturated carbocycles. The first-order valence-electron chi connectivity index (χ1n) is 8.33. The zero-order valence-electron chi connectivity index (χ0n) is 12.0. The predicted octanol–water partition coefficient (Wildman–Crippen LogP) is 3.17. The Balaban J connectivity index is 1.71. The Morgan fingerprint density at radius 2 is 1.50 bits per heavy atom. The van der Waals surface area contributed by atoms with Gasteiger partial charge in [0.25, 0.3) is 0 Å². The van der Waals surface area contributed by atoms with Gasteiger partial charge in [-0.25, -0.2) is 0 Å². The molecule has 1 N–H and O–H groups in total. The van der Waals surface area contributed by atoms with Crippen LogP contribution in [0.3, 0.4) is 0 Å². The normalized spacial score (nSPS) is 42.5. The molecular formula is C16H30N2. The first-order chi connectivity index (χ1) is 8.90. The quantitative estimate of drug-likeness (QED) is 0.757. The number of likely N-dealkylation sites (N-methyl/N-ethyl adjacent to an activating group) is 1. The number of fused-ring (bicyclic) bond motifs is 1. The minimum absolute atomic E-state index is 0.758. The molecule has 1 saturated heterocycles. The highest BCUT2D eigenvalue weighted by Crippen LogP contribution is 2.39. The van der Waals surface area contributed by atoms with Gasteiger partial charge in [0.1, 0.15) is 0 Å². The van der Waals surface area contributed by atoms with E-state index in [1.54, 1.807) is 0 Å². The molecule has 0 aromatic rings. The lowest BCUT2D eigenvalue weighted by atomic mass is 9.84. The average Bonchev–Trinajstić information content (AvgIpc) is 2.69. The molecule has 0 bridgehead atoms. The Hall–Kier alpha value is -0.0800. The van der Waals surface area contributed by atoms with Crippen molar-refractivity contribution in [3.8, 4) is 0 Å². The lowest BCUT2D eigenvalue weighted by Gasteiger charge is -2.40. The highest BCUT2D eigenvalue weighted by molar-refractivity contribution is 4.96. The second-order valence-corrected chi connectivity index (χ2v) is 6.74.